The van der Waals surface area contributed by atoms with Crippen LogP contribution < -0.4 is 5.73 Å². The van der Waals surface area contributed by atoms with Crippen LogP contribution in [0.5, 0.6) is 0 Å². The van der Waals surface area contributed by atoms with E-state index in [0.29, 0.717) is 0 Å². The van der Waals surface area contributed by atoms with Crippen LogP contribution in [-0.4, -0.2) is 10.8 Å². The summed E-state index contributed by atoms with van der Waals surface area (Å²) in [4.78, 5) is 15.1. The first kappa shape index (κ1) is 8.77. The van der Waals surface area contributed by atoms with Gasteiger partial charge in [0, 0.05) is 5.41 Å². The molecule has 0 amide bonds. The highest BCUT2D eigenvalue weighted by atomic mass is 16.4. The lowest BCUT2D eigenvalue weighted by Gasteiger charge is -2.13. The number of rotatable bonds is 1. The standard InChI is InChI=1S/C8H12N2O2/c1-8(2,3)6(11)5-4-10-7(9)12-5/h4H,1-3H3,(H2,9,10). The van der Waals surface area contributed by atoms with E-state index in [-0.39, 0.29) is 17.6 Å². The minimum atomic E-state index is -0.452. The van der Waals surface area contributed by atoms with Crippen LogP contribution in [0.25, 0.3) is 0 Å². The number of Topliss-reactive ketones (excluding diaryl/α,β-unsaturated/α-hetero) is 1. The smallest absolute Gasteiger partial charge is 0.292 e. The second-order valence-electron chi connectivity index (χ2n) is 3.64. The van der Waals surface area contributed by atoms with Crippen molar-refractivity contribution in [1.29, 1.82) is 0 Å². The van der Waals surface area contributed by atoms with Crippen LogP contribution in [0.4, 0.5) is 6.01 Å². The van der Waals surface area contributed by atoms with Gasteiger partial charge in [-0.05, 0) is 0 Å². The molecule has 0 saturated heterocycles. The van der Waals surface area contributed by atoms with Gasteiger partial charge in [-0.2, -0.15) is 0 Å². The van der Waals surface area contributed by atoms with Crippen molar-refractivity contribution in [2.24, 2.45) is 5.41 Å². The molecule has 0 aliphatic heterocycles. The molecule has 2 N–H and O–H groups in total. The summed E-state index contributed by atoms with van der Waals surface area (Å²) in [5, 5.41) is 0. The Morgan fingerprint density at radius 3 is 2.50 bits per heavy atom. The van der Waals surface area contributed by atoms with Crippen LogP contribution in [0.3, 0.4) is 0 Å². The van der Waals surface area contributed by atoms with Crippen molar-refractivity contribution in [3.63, 3.8) is 0 Å². The van der Waals surface area contributed by atoms with Crippen LogP contribution in [-0.2, 0) is 0 Å². The third-order valence-corrected chi connectivity index (χ3v) is 1.43. The molecular formula is C8H12N2O2. The molecule has 4 nitrogen and oxygen atoms in total. The molecule has 0 bridgehead atoms. The van der Waals surface area contributed by atoms with E-state index in [2.05, 4.69) is 4.98 Å². The summed E-state index contributed by atoms with van der Waals surface area (Å²) < 4.78 is 4.89. The third kappa shape index (κ3) is 1.64. The lowest BCUT2D eigenvalue weighted by molar-refractivity contribution is 0.0829. The van der Waals surface area contributed by atoms with Crippen molar-refractivity contribution in [1.82, 2.24) is 4.98 Å². The van der Waals surface area contributed by atoms with Crippen molar-refractivity contribution in [3.8, 4) is 0 Å². The summed E-state index contributed by atoms with van der Waals surface area (Å²) in [5.41, 5.74) is 4.78. The second kappa shape index (κ2) is 2.62. The van der Waals surface area contributed by atoms with Gasteiger partial charge in [-0.15, -0.1) is 0 Å². The van der Waals surface area contributed by atoms with E-state index in [1.54, 1.807) is 0 Å². The lowest BCUT2D eigenvalue weighted by atomic mass is 9.90. The molecule has 0 aliphatic carbocycles. The number of hydrogen-bond acceptors (Lipinski definition) is 4. The largest absolute Gasteiger partial charge is 0.421 e. The maximum atomic E-state index is 11.5. The van der Waals surface area contributed by atoms with E-state index in [1.807, 2.05) is 20.8 Å². The van der Waals surface area contributed by atoms with Crippen LogP contribution in [0.2, 0.25) is 0 Å². The summed E-state index contributed by atoms with van der Waals surface area (Å²) in [6.07, 6.45) is 1.35. The zero-order valence-corrected chi connectivity index (χ0v) is 7.42. The molecule has 1 heterocycles. The Kier molecular flexibility index (Phi) is 1.92. The summed E-state index contributed by atoms with van der Waals surface area (Å²) in [7, 11) is 0. The van der Waals surface area contributed by atoms with Gasteiger partial charge in [-0.1, -0.05) is 20.8 Å². The van der Waals surface area contributed by atoms with Crippen molar-refractivity contribution < 1.29 is 9.21 Å². The quantitative estimate of drug-likeness (QED) is 0.645. The first-order valence-corrected chi connectivity index (χ1v) is 3.67. The molecule has 0 atom stereocenters. The molecule has 1 aromatic heterocycles. The Balaban J connectivity index is 2.93. The van der Waals surface area contributed by atoms with Crippen LogP contribution in [0.15, 0.2) is 10.6 Å². The first-order valence-electron chi connectivity index (χ1n) is 3.67. The van der Waals surface area contributed by atoms with E-state index >= 15 is 0 Å². The molecule has 12 heavy (non-hydrogen) atoms. The first-order chi connectivity index (χ1) is 5.41. The molecular weight excluding hydrogens is 156 g/mol. The van der Waals surface area contributed by atoms with Gasteiger partial charge < -0.3 is 10.2 Å². The molecule has 0 radical (unpaired) electrons. The maximum Gasteiger partial charge on any atom is 0.292 e. The fourth-order valence-corrected chi connectivity index (χ4v) is 0.762. The molecule has 0 aliphatic rings. The molecule has 4 heteroatoms. The zero-order chi connectivity index (χ0) is 9.35. The zero-order valence-electron chi connectivity index (χ0n) is 7.42. The van der Waals surface area contributed by atoms with Gasteiger partial charge in [-0.3, -0.25) is 4.79 Å². The molecule has 66 valence electrons. The number of aromatic nitrogens is 1. The average molecular weight is 168 g/mol. The third-order valence-electron chi connectivity index (χ3n) is 1.43. The summed E-state index contributed by atoms with van der Waals surface area (Å²) in [6.45, 7) is 5.44. The molecule has 0 aromatic carbocycles. The Hall–Kier alpha value is -1.32. The molecule has 1 rings (SSSR count). The Bertz CT molecular complexity index is 296. The van der Waals surface area contributed by atoms with Crippen LogP contribution in [0, 0.1) is 5.41 Å². The molecule has 0 saturated carbocycles. The number of nitrogens with zero attached hydrogens (tertiary/aromatic N) is 1. The van der Waals surface area contributed by atoms with Gasteiger partial charge in [-0.25, -0.2) is 4.98 Å². The predicted molar refractivity (Wildman–Crippen MR) is 44.7 cm³/mol. The topological polar surface area (TPSA) is 69.1 Å². The summed E-state index contributed by atoms with van der Waals surface area (Å²) >= 11 is 0. The number of carbonyl (C=O) groups excluding carboxylic acids is 1. The summed E-state index contributed by atoms with van der Waals surface area (Å²) in [5.74, 6) is 0.131. The van der Waals surface area contributed by atoms with E-state index in [4.69, 9.17) is 10.2 Å². The highest BCUT2D eigenvalue weighted by Gasteiger charge is 2.25. The number of ketones is 1. The Morgan fingerprint density at radius 2 is 2.17 bits per heavy atom. The van der Waals surface area contributed by atoms with E-state index in [9.17, 15) is 4.79 Å². The van der Waals surface area contributed by atoms with E-state index in [1.165, 1.54) is 6.20 Å². The highest BCUT2D eigenvalue weighted by molar-refractivity contribution is 5.97. The SMILES string of the molecule is CC(C)(C)C(=O)c1cnc(N)o1. The van der Waals surface area contributed by atoms with Gasteiger partial charge in [0.1, 0.15) is 0 Å². The fraction of sp³-hybridized carbons (Fsp3) is 0.500. The number of anilines is 1. The van der Waals surface area contributed by atoms with Crippen molar-refractivity contribution in [2.75, 3.05) is 5.73 Å². The van der Waals surface area contributed by atoms with Gasteiger partial charge in [0.15, 0.2) is 5.76 Å². The fourth-order valence-electron chi connectivity index (χ4n) is 0.762. The van der Waals surface area contributed by atoms with Crippen LogP contribution in [0.1, 0.15) is 31.3 Å². The average Bonchev–Trinajstić information content (AvgIpc) is 2.32. The molecule has 0 unspecified atom stereocenters. The number of carbonyl (C=O) groups is 1. The van der Waals surface area contributed by atoms with Gasteiger partial charge in [0.05, 0.1) is 6.20 Å². The van der Waals surface area contributed by atoms with Crippen LogP contribution >= 0.6 is 0 Å². The molecule has 1 aromatic rings. The summed E-state index contributed by atoms with van der Waals surface area (Å²) in [6, 6.07) is 0.0302. The number of nitrogen functional groups attached to an aromatic ring is 1. The highest BCUT2D eigenvalue weighted by Crippen LogP contribution is 2.21. The van der Waals surface area contributed by atoms with Gasteiger partial charge in [0.25, 0.3) is 6.01 Å². The minimum Gasteiger partial charge on any atom is -0.421 e. The minimum absolute atomic E-state index is 0.0302. The number of oxazole rings is 1. The maximum absolute atomic E-state index is 11.5. The number of hydrogen-bond donors (Lipinski definition) is 1. The van der Waals surface area contributed by atoms with Gasteiger partial charge >= 0.3 is 0 Å². The Morgan fingerprint density at radius 1 is 1.58 bits per heavy atom. The van der Waals surface area contributed by atoms with E-state index in [0.717, 1.165) is 0 Å². The van der Waals surface area contributed by atoms with Crippen molar-refractivity contribution in [2.45, 2.75) is 20.8 Å². The Labute approximate surface area is 70.8 Å². The lowest BCUT2D eigenvalue weighted by Crippen LogP contribution is -2.19. The van der Waals surface area contributed by atoms with Gasteiger partial charge in [0.2, 0.25) is 5.78 Å². The van der Waals surface area contributed by atoms with Crippen molar-refractivity contribution >= 4 is 11.8 Å². The predicted octanol–water partition coefficient (Wildman–Crippen LogP) is 1.49. The van der Waals surface area contributed by atoms with E-state index < -0.39 is 5.41 Å². The molecule has 0 fully saturated rings. The second-order valence-corrected chi connectivity index (χ2v) is 3.64. The normalized spacial score (nSPS) is 11.6. The monoisotopic (exact) mass is 168 g/mol. The molecule has 0 spiro atoms. The number of nitrogens with two attached hydrogens (primary N) is 1. The van der Waals surface area contributed by atoms with Crippen molar-refractivity contribution in [3.05, 3.63) is 12.0 Å².